The molecule has 0 bridgehead atoms. The van der Waals surface area contributed by atoms with Gasteiger partial charge in [0.15, 0.2) is 6.10 Å². The maximum absolute atomic E-state index is 12.6. The SMILES string of the molecule is CCCCCCCCCCCCCCCCCCC(=O)OC[C@@H](COC(=O)CCCCCCC)OC(=O)CCCCCCCCC(C)CC. The quantitative estimate of drug-likeness (QED) is 0.0364. The predicted molar refractivity (Wildman–Crippen MR) is 206 cm³/mol. The zero-order chi connectivity index (χ0) is 36.0. The van der Waals surface area contributed by atoms with Gasteiger partial charge in [-0.05, 0) is 25.2 Å². The maximum atomic E-state index is 12.6. The van der Waals surface area contributed by atoms with E-state index in [9.17, 15) is 14.4 Å². The first-order valence-electron chi connectivity index (χ1n) is 21.4. The Kier molecular flexibility index (Phi) is 36.4. The molecule has 0 radical (unpaired) electrons. The van der Waals surface area contributed by atoms with Crippen molar-refractivity contribution in [3.8, 4) is 0 Å². The molecule has 0 aromatic rings. The second-order valence-electron chi connectivity index (χ2n) is 14.9. The van der Waals surface area contributed by atoms with E-state index in [1.165, 1.54) is 122 Å². The van der Waals surface area contributed by atoms with Gasteiger partial charge in [-0.15, -0.1) is 0 Å². The summed E-state index contributed by atoms with van der Waals surface area (Å²) in [6.45, 7) is 8.87. The van der Waals surface area contributed by atoms with Gasteiger partial charge in [0, 0.05) is 19.3 Å². The molecule has 0 fully saturated rings. The van der Waals surface area contributed by atoms with E-state index in [2.05, 4.69) is 27.7 Å². The number of carbonyl (C=O) groups excluding carboxylic acids is 3. The molecule has 0 saturated carbocycles. The number of rotatable bonds is 38. The number of unbranched alkanes of at least 4 members (excludes halogenated alkanes) is 24. The van der Waals surface area contributed by atoms with Crippen molar-refractivity contribution in [2.45, 2.75) is 239 Å². The van der Waals surface area contributed by atoms with Gasteiger partial charge in [-0.25, -0.2) is 0 Å². The Balaban J connectivity index is 4.18. The minimum atomic E-state index is -0.758. The van der Waals surface area contributed by atoms with Gasteiger partial charge in [-0.1, -0.05) is 195 Å². The molecule has 0 aromatic heterocycles. The van der Waals surface area contributed by atoms with Crippen molar-refractivity contribution in [3.05, 3.63) is 0 Å². The van der Waals surface area contributed by atoms with Crippen LogP contribution in [-0.4, -0.2) is 37.2 Å². The lowest BCUT2D eigenvalue weighted by Gasteiger charge is -2.18. The highest BCUT2D eigenvalue weighted by Crippen LogP contribution is 2.16. The van der Waals surface area contributed by atoms with E-state index in [1.807, 2.05) is 0 Å². The smallest absolute Gasteiger partial charge is 0.306 e. The van der Waals surface area contributed by atoms with Crippen LogP contribution in [0.25, 0.3) is 0 Å². The molecule has 0 amide bonds. The molecular weight excluding hydrogens is 612 g/mol. The van der Waals surface area contributed by atoms with Crippen LogP contribution in [-0.2, 0) is 28.6 Å². The third kappa shape index (κ3) is 36.0. The average molecular weight is 695 g/mol. The van der Waals surface area contributed by atoms with Gasteiger partial charge >= 0.3 is 17.9 Å². The van der Waals surface area contributed by atoms with Crippen LogP contribution in [0.1, 0.15) is 233 Å². The molecule has 0 rings (SSSR count). The third-order valence-electron chi connectivity index (χ3n) is 9.90. The summed E-state index contributed by atoms with van der Waals surface area (Å²) < 4.78 is 16.6. The van der Waals surface area contributed by atoms with Gasteiger partial charge in [0.25, 0.3) is 0 Å². The lowest BCUT2D eigenvalue weighted by atomic mass is 10.00. The Morgan fingerprint density at radius 1 is 0.408 bits per heavy atom. The summed E-state index contributed by atoms with van der Waals surface area (Å²) in [5.41, 5.74) is 0. The summed E-state index contributed by atoms with van der Waals surface area (Å²) in [4.78, 5) is 37.3. The number of esters is 3. The van der Waals surface area contributed by atoms with Crippen molar-refractivity contribution < 1.29 is 28.6 Å². The predicted octanol–water partition coefficient (Wildman–Crippen LogP) is 13.2. The van der Waals surface area contributed by atoms with Crippen molar-refractivity contribution >= 4 is 17.9 Å². The number of hydrogen-bond acceptors (Lipinski definition) is 6. The second kappa shape index (κ2) is 37.7. The summed E-state index contributed by atoms with van der Waals surface area (Å²) in [7, 11) is 0. The van der Waals surface area contributed by atoms with E-state index >= 15 is 0 Å². The average Bonchev–Trinajstić information content (AvgIpc) is 3.10. The molecule has 290 valence electrons. The summed E-state index contributed by atoms with van der Waals surface area (Å²) in [5.74, 6) is -0.0653. The second-order valence-corrected chi connectivity index (χ2v) is 14.9. The van der Waals surface area contributed by atoms with E-state index in [1.54, 1.807) is 0 Å². The summed E-state index contributed by atoms with van der Waals surface area (Å²) in [6.07, 6.45) is 35.5. The van der Waals surface area contributed by atoms with Crippen LogP contribution < -0.4 is 0 Å². The molecule has 0 heterocycles. The van der Waals surface area contributed by atoms with Gasteiger partial charge in [-0.2, -0.15) is 0 Å². The van der Waals surface area contributed by atoms with E-state index in [-0.39, 0.29) is 31.1 Å². The van der Waals surface area contributed by atoms with E-state index < -0.39 is 6.10 Å². The third-order valence-corrected chi connectivity index (χ3v) is 9.90. The number of carbonyl (C=O) groups is 3. The fourth-order valence-corrected chi connectivity index (χ4v) is 6.24. The molecule has 0 N–H and O–H groups in total. The van der Waals surface area contributed by atoms with Gasteiger partial charge < -0.3 is 14.2 Å². The summed E-state index contributed by atoms with van der Waals surface area (Å²) >= 11 is 0. The van der Waals surface area contributed by atoms with Gasteiger partial charge in [-0.3, -0.25) is 14.4 Å². The van der Waals surface area contributed by atoms with Crippen LogP contribution in [0.5, 0.6) is 0 Å². The first kappa shape index (κ1) is 47.4. The van der Waals surface area contributed by atoms with Gasteiger partial charge in [0.1, 0.15) is 13.2 Å². The topological polar surface area (TPSA) is 78.9 Å². The van der Waals surface area contributed by atoms with Crippen LogP contribution in [0.3, 0.4) is 0 Å². The first-order valence-corrected chi connectivity index (χ1v) is 21.4. The first-order chi connectivity index (χ1) is 23.9. The fraction of sp³-hybridized carbons (Fsp3) is 0.930. The molecule has 0 aliphatic carbocycles. The fourth-order valence-electron chi connectivity index (χ4n) is 6.24. The Morgan fingerprint density at radius 2 is 0.714 bits per heavy atom. The van der Waals surface area contributed by atoms with E-state index in [0.29, 0.717) is 19.3 Å². The van der Waals surface area contributed by atoms with Crippen LogP contribution in [0, 0.1) is 5.92 Å². The lowest BCUT2D eigenvalue weighted by Crippen LogP contribution is -2.30. The van der Waals surface area contributed by atoms with Crippen LogP contribution >= 0.6 is 0 Å². The molecular formula is C43H82O6. The van der Waals surface area contributed by atoms with E-state index in [4.69, 9.17) is 14.2 Å². The van der Waals surface area contributed by atoms with Crippen molar-refractivity contribution in [2.75, 3.05) is 13.2 Å². The Hall–Kier alpha value is -1.59. The van der Waals surface area contributed by atoms with Crippen LogP contribution in [0.2, 0.25) is 0 Å². The Bertz CT molecular complexity index is 738. The molecule has 0 saturated heterocycles. The highest BCUT2D eigenvalue weighted by atomic mass is 16.6. The standard InChI is InChI=1S/C43H82O6/c1-5-8-10-12-13-14-15-16-17-18-19-20-21-22-27-31-35-42(45)48-38-40(37-47-41(44)34-30-25-11-9-6-2)49-43(46)36-32-28-24-23-26-29-33-39(4)7-3/h39-40H,5-38H2,1-4H3/t39?,40-/m1/s1. The van der Waals surface area contributed by atoms with Crippen molar-refractivity contribution in [3.63, 3.8) is 0 Å². The largest absolute Gasteiger partial charge is 0.462 e. The van der Waals surface area contributed by atoms with Crippen molar-refractivity contribution in [1.82, 2.24) is 0 Å². The zero-order valence-corrected chi connectivity index (χ0v) is 33.1. The van der Waals surface area contributed by atoms with Crippen LogP contribution in [0.4, 0.5) is 0 Å². The highest BCUT2D eigenvalue weighted by molar-refractivity contribution is 5.71. The lowest BCUT2D eigenvalue weighted by molar-refractivity contribution is -0.167. The Morgan fingerprint density at radius 3 is 1.06 bits per heavy atom. The normalized spacial score (nSPS) is 12.5. The molecule has 0 aliphatic rings. The number of hydrogen-bond donors (Lipinski definition) is 0. The Labute approximate surface area is 304 Å². The van der Waals surface area contributed by atoms with Crippen molar-refractivity contribution in [1.29, 1.82) is 0 Å². The van der Waals surface area contributed by atoms with Gasteiger partial charge in [0.2, 0.25) is 0 Å². The summed E-state index contributed by atoms with van der Waals surface area (Å²) in [6, 6.07) is 0. The molecule has 49 heavy (non-hydrogen) atoms. The molecule has 0 spiro atoms. The van der Waals surface area contributed by atoms with Crippen molar-refractivity contribution in [2.24, 2.45) is 5.92 Å². The zero-order valence-electron chi connectivity index (χ0n) is 33.1. The number of ether oxygens (including phenoxy) is 3. The minimum Gasteiger partial charge on any atom is -0.462 e. The highest BCUT2D eigenvalue weighted by Gasteiger charge is 2.19. The molecule has 0 aliphatic heterocycles. The molecule has 6 nitrogen and oxygen atoms in total. The van der Waals surface area contributed by atoms with E-state index in [0.717, 1.165) is 70.1 Å². The monoisotopic (exact) mass is 695 g/mol. The molecule has 1 unspecified atom stereocenters. The summed E-state index contributed by atoms with van der Waals surface area (Å²) in [5, 5.41) is 0. The van der Waals surface area contributed by atoms with Gasteiger partial charge in [0.05, 0.1) is 0 Å². The molecule has 0 aromatic carbocycles. The van der Waals surface area contributed by atoms with Crippen LogP contribution in [0.15, 0.2) is 0 Å². The molecule has 6 heteroatoms. The maximum Gasteiger partial charge on any atom is 0.306 e. The molecule has 2 atom stereocenters. The minimum absolute atomic E-state index is 0.0661.